The first-order valence-corrected chi connectivity index (χ1v) is 18.2. The van der Waals surface area contributed by atoms with Crippen molar-refractivity contribution in [3.8, 4) is 0 Å². The number of likely N-dealkylation sites (tertiary alicyclic amines) is 1. The van der Waals surface area contributed by atoms with Gasteiger partial charge in [-0.1, -0.05) is 53.4 Å². The number of carbonyl (C=O) groups excluding carboxylic acids is 7. The molecule has 17 nitrogen and oxygen atoms in total. The second-order valence-electron chi connectivity index (χ2n) is 15.6. The number of amides is 8. The van der Waals surface area contributed by atoms with E-state index in [4.69, 9.17) is 0 Å². The predicted molar refractivity (Wildman–Crippen MR) is 185 cm³/mol. The van der Waals surface area contributed by atoms with Gasteiger partial charge in [-0.15, -0.1) is 0 Å². The Labute approximate surface area is 302 Å². The van der Waals surface area contributed by atoms with Crippen molar-refractivity contribution in [3.63, 3.8) is 0 Å². The van der Waals surface area contributed by atoms with Crippen LogP contribution in [0.3, 0.4) is 0 Å². The lowest BCUT2D eigenvalue weighted by Gasteiger charge is -2.38. The van der Waals surface area contributed by atoms with Crippen molar-refractivity contribution in [3.05, 3.63) is 24.3 Å². The van der Waals surface area contributed by atoms with Gasteiger partial charge < -0.3 is 36.6 Å². The molecule has 4 fully saturated rings. The maximum Gasteiger partial charge on any atom is 0.322 e. The number of aromatic nitrogens is 2. The normalized spacial score (nSPS) is 24.2. The van der Waals surface area contributed by atoms with E-state index in [0.717, 1.165) is 32.1 Å². The molecule has 0 aromatic carbocycles. The first-order valence-electron chi connectivity index (χ1n) is 18.2. The number of imide groups is 1. The maximum absolute atomic E-state index is 14.7. The third-order valence-corrected chi connectivity index (χ3v) is 10.3. The van der Waals surface area contributed by atoms with E-state index in [2.05, 4.69) is 41.9 Å². The van der Waals surface area contributed by atoms with Crippen molar-refractivity contribution >= 4 is 41.5 Å². The summed E-state index contributed by atoms with van der Waals surface area (Å²) >= 11 is 0. The SMILES string of the molecule is CCCC(NC(=O)C1CC2(CN1C(=O)C(NC(=O)C(NC(=O)c1cnccn1)C1CCCCC1)C(C)(C)C)NC(=O)NC2=O)C(O)C(=O)NC1CC1. The van der Waals surface area contributed by atoms with Crippen molar-refractivity contribution in [2.75, 3.05) is 6.54 Å². The number of hydrogen-bond acceptors (Lipinski definition) is 10. The summed E-state index contributed by atoms with van der Waals surface area (Å²) in [6.45, 7) is 6.67. The van der Waals surface area contributed by atoms with Crippen LogP contribution in [0.2, 0.25) is 0 Å². The standard InChI is InChI=1S/C35H51N9O8/c1-5-9-21(25(45)30(49)38-20-12-13-20)39-28(47)23-16-35(32(51)42-33(52)43-35)18-44(23)31(50)26(34(2,3)4)41-29(48)24(19-10-7-6-8-11-19)40-27(46)22-17-36-14-15-37-22/h14-15,17,19-21,23-26,45H,5-13,16,18H2,1-4H3,(H,38,49)(H,39,47)(H,40,46)(H,41,48)(H2,42,43,51,52). The second kappa shape index (κ2) is 15.9. The van der Waals surface area contributed by atoms with E-state index in [1.807, 2.05) is 6.92 Å². The zero-order valence-corrected chi connectivity index (χ0v) is 30.2. The summed E-state index contributed by atoms with van der Waals surface area (Å²) < 4.78 is 0. The van der Waals surface area contributed by atoms with Crippen molar-refractivity contribution in [1.29, 1.82) is 0 Å². The summed E-state index contributed by atoms with van der Waals surface area (Å²) in [7, 11) is 0. The molecule has 17 heteroatoms. The molecule has 284 valence electrons. The Morgan fingerprint density at radius 3 is 2.29 bits per heavy atom. The lowest BCUT2D eigenvalue weighted by molar-refractivity contribution is -0.145. The molecule has 5 rings (SSSR count). The van der Waals surface area contributed by atoms with Crippen LogP contribution in [0, 0.1) is 11.3 Å². The second-order valence-corrected chi connectivity index (χ2v) is 15.6. The van der Waals surface area contributed by atoms with Gasteiger partial charge in [0.15, 0.2) is 6.10 Å². The molecule has 52 heavy (non-hydrogen) atoms. The van der Waals surface area contributed by atoms with Crippen LogP contribution >= 0.6 is 0 Å². The minimum atomic E-state index is -1.63. The van der Waals surface area contributed by atoms with Gasteiger partial charge >= 0.3 is 6.03 Å². The lowest BCUT2D eigenvalue weighted by Crippen LogP contribution is -2.62. The summed E-state index contributed by atoms with van der Waals surface area (Å²) in [6.07, 6.45) is 8.72. The lowest BCUT2D eigenvalue weighted by atomic mass is 9.82. The van der Waals surface area contributed by atoms with Gasteiger partial charge in [0.1, 0.15) is 29.4 Å². The molecule has 4 aliphatic rings. The Balaban J connectivity index is 1.41. The highest BCUT2D eigenvalue weighted by Crippen LogP contribution is 2.34. The quantitative estimate of drug-likeness (QED) is 0.132. The molecule has 0 radical (unpaired) electrons. The number of urea groups is 1. The smallest absolute Gasteiger partial charge is 0.322 e. The molecular formula is C35H51N9O8. The van der Waals surface area contributed by atoms with Gasteiger partial charge in [-0.25, -0.2) is 9.78 Å². The Kier molecular flexibility index (Phi) is 11.8. The zero-order valence-electron chi connectivity index (χ0n) is 30.2. The molecule has 6 atom stereocenters. The van der Waals surface area contributed by atoms with Gasteiger partial charge in [-0.3, -0.25) is 39.1 Å². The van der Waals surface area contributed by atoms with Gasteiger partial charge in [0.25, 0.3) is 17.7 Å². The number of nitrogens with one attached hydrogen (secondary N) is 6. The minimum Gasteiger partial charge on any atom is -0.381 e. The number of hydrogen-bond donors (Lipinski definition) is 7. The highest BCUT2D eigenvalue weighted by atomic mass is 16.3. The minimum absolute atomic E-state index is 0.0185. The fraction of sp³-hybridized carbons (Fsp3) is 0.686. The van der Waals surface area contributed by atoms with E-state index in [-0.39, 0.29) is 37.0 Å². The number of carbonyl (C=O) groups is 7. The molecular weight excluding hydrogens is 674 g/mol. The summed E-state index contributed by atoms with van der Waals surface area (Å²) in [5.41, 5.74) is -2.53. The summed E-state index contributed by atoms with van der Waals surface area (Å²) in [4.78, 5) is 103. The van der Waals surface area contributed by atoms with E-state index in [1.54, 1.807) is 20.8 Å². The molecule has 7 N–H and O–H groups in total. The summed E-state index contributed by atoms with van der Waals surface area (Å²) in [5, 5.41) is 26.8. The van der Waals surface area contributed by atoms with Gasteiger partial charge in [0.05, 0.1) is 18.8 Å². The first-order chi connectivity index (χ1) is 24.6. The van der Waals surface area contributed by atoms with E-state index in [9.17, 15) is 38.7 Å². The first kappa shape index (κ1) is 38.6. The zero-order chi connectivity index (χ0) is 37.8. The molecule has 2 saturated carbocycles. The highest BCUT2D eigenvalue weighted by molar-refractivity contribution is 6.09. The van der Waals surface area contributed by atoms with Crippen molar-refractivity contribution in [1.82, 2.24) is 46.8 Å². The summed E-state index contributed by atoms with van der Waals surface area (Å²) in [6, 6.07) is -5.36. The van der Waals surface area contributed by atoms with Crippen LogP contribution in [0.15, 0.2) is 18.6 Å². The number of aliphatic hydroxyl groups excluding tert-OH is 1. The Morgan fingerprint density at radius 1 is 1.00 bits per heavy atom. The molecule has 2 saturated heterocycles. The van der Waals surface area contributed by atoms with Crippen LogP contribution in [0.25, 0.3) is 0 Å². The van der Waals surface area contributed by atoms with E-state index in [1.165, 1.54) is 23.5 Å². The molecule has 1 spiro atoms. The van der Waals surface area contributed by atoms with E-state index in [0.29, 0.717) is 19.3 Å². The third-order valence-electron chi connectivity index (χ3n) is 10.3. The molecule has 2 aliphatic heterocycles. The van der Waals surface area contributed by atoms with Crippen molar-refractivity contribution < 1.29 is 38.7 Å². The molecule has 6 unspecified atom stereocenters. The third kappa shape index (κ3) is 8.85. The number of rotatable bonds is 13. The maximum atomic E-state index is 14.7. The van der Waals surface area contributed by atoms with Crippen LogP contribution in [-0.4, -0.2) is 110 Å². The van der Waals surface area contributed by atoms with Crippen LogP contribution in [0.1, 0.15) is 102 Å². The van der Waals surface area contributed by atoms with E-state index < -0.39 is 82.7 Å². The number of aliphatic hydroxyl groups is 1. The van der Waals surface area contributed by atoms with Crippen LogP contribution in [0.5, 0.6) is 0 Å². The predicted octanol–water partition coefficient (Wildman–Crippen LogP) is -0.210. The molecule has 8 amide bonds. The van der Waals surface area contributed by atoms with Gasteiger partial charge in [-0.2, -0.15) is 0 Å². The van der Waals surface area contributed by atoms with Crippen LogP contribution in [0.4, 0.5) is 4.79 Å². The van der Waals surface area contributed by atoms with Crippen molar-refractivity contribution in [2.24, 2.45) is 11.3 Å². The molecule has 3 heterocycles. The molecule has 0 bridgehead atoms. The topological polar surface area (TPSA) is 241 Å². The Morgan fingerprint density at radius 2 is 1.71 bits per heavy atom. The van der Waals surface area contributed by atoms with E-state index >= 15 is 0 Å². The van der Waals surface area contributed by atoms with Gasteiger partial charge in [0, 0.05) is 24.9 Å². The molecule has 1 aromatic rings. The fourth-order valence-electron chi connectivity index (χ4n) is 7.29. The van der Waals surface area contributed by atoms with Gasteiger partial charge in [-0.05, 0) is 43.4 Å². The number of nitrogens with zero attached hydrogens (tertiary/aromatic N) is 3. The average Bonchev–Trinajstić information content (AvgIpc) is 3.77. The monoisotopic (exact) mass is 725 g/mol. The fourth-order valence-corrected chi connectivity index (χ4v) is 7.29. The van der Waals surface area contributed by atoms with Crippen LogP contribution in [-0.2, 0) is 24.0 Å². The average molecular weight is 726 g/mol. The Hall–Kier alpha value is -4.67. The Bertz CT molecular complexity index is 1540. The van der Waals surface area contributed by atoms with Crippen LogP contribution < -0.4 is 31.9 Å². The molecule has 2 aliphatic carbocycles. The highest BCUT2D eigenvalue weighted by Gasteiger charge is 2.58. The summed E-state index contributed by atoms with van der Waals surface area (Å²) in [5.74, 6) is -4.14. The molecule has 1 aromatic heterocycles. The van der Waals surface area contributed by atoms with Crippen molar-refractivity contribution in [2.45, 2.75) is 134 Å². The largest absolute Gasteiger partial charge is 0.381 e. The van der Waals surface area contributed by atoms with Gasteiger partial charge in [0.2, 0.25) is 17.7 Å².